The van der Waals surface area contributed by atoms with Crippen LogP contribution in [0.5, 0.6) is 0 Å². The SMILES string of the molecule is C=CCN(CC=C)C(=O)CN1CCCC1=O. The Balaban J connectivity index is 2.50. The van der Waals surface area contributed by atoms with Crippen LogP contribution in [0.1, 0.15) is 12.8 Å². The predicted molar refractivity (Wildman–Crippen MR) is 62.8 cm³/mol. The summed E-state index contributed by atoms with van der Waals surface area (Å²) in [6, 6.07) is 0. The van der Waals surface area contributed by atoms with E-state index in [1.165, 1.54) is 0 Å². The van der Waals surface area contributed by atoms with Crippen molar-refractivity contribution in [2.75, 3.05) is 26.2 Å². The van der Waals surface area contributed by atoms with E-state index < -0.39 is 0 Å². The molecule has 0 unspecified atom stereocenters. The monoisotopic (exact) mass is 222 g/mol. The highest BCUT2D eigenvalue weighted by Gasteiger charge is 2.23. The largest absolute Gasteiger partial charge is 0.334 e. The second-order valence-electron chi connectivity index (χ2n) is 3.79. The van der Waals surface area contributed by atoms with E-state index in [1.807, 2.05) is 0 Å². The van der Waals surface area contributed by atoms with Crippen LogP contribution in [0.25, 0.3) is 0 Å². The Morgan fingerprint density at radius 1 is 1.38 bits per heavy atom. The van der Waals surface area contributed by atoms with Crippen LogP contribution in [-0.2, 0) is 9.59 Å². The molecule has 0 N–H and O–H groups in total. The summed E-state index contributed by atoms with van der Waals surface area (Å²) >= 11 is 0. The molecule has 1 saturated heterocycles. The number of hydrogen-bond donors (Lipinski definition) is 0. The minimum absolute atomic E-state index is 0.0462. The van der Waals surface area contributed by atoms with Crippen LogP contribution < -0.4 is 0 Å². The fourth-order valence-corrected chi connectivity index (χ4v) is 1.72. The molecule has 16 heavy (non-hydrogen) atoms. The van der Waals surface area contributed by atoms with Crippen molar-refractivity contribution in [3.05, 3.63) is 25.3 Å². The third-order valence-electron chi connectivity index (χ3n) is 2.55. The first-order valence-electron chi connectivity index (χ1n) is 5.46. The second kappa shape index (κ2) is 6.10. The molecule has 1 fully saturated rings. The van der Waals surface area contributed by atoms with Crippen molar-refractivity contribution in [2.24, 2.45) is 0 Å². The zero-order valence-electron chi connectivity index (χ0n) is 9.52. The van der Waals surface area contributed by atoms with Crippen LogP contribution in [0, 0.1) is 0 Å². The molecule has 1 aliphatic heterocycles. The van der Waals surface area contributed by atoms with E-state index >= 15 is 0 Å². The Morgan fingerprint density at radius 3 is 2.44 bits per heavy atom. The zero-order valence-corrected chi connectivity index (χ0v) is 9.52. The van der Waals surface area contributed by atoms with Crippen molar-refractivity contribution in [1.82, 2.24) is 9.80 Å². The predicted octanol–water partition coefficient (Wildman–Crippen LogP) is 0.809. The third kappa shape index (κ3) is 3.22. The van der Waals surface area contributed by atoms with Gasteiger partial charge in [0.2, 0.25) is 11.8 Å². The number of nitrogens with zero attached hydrogens (tertiary/aromatic N) is 2. The number of amides is 2. The maximum absolute atomic E-state index is 11.9. The molecule has 4 nitrogen and oxygen atoms in total. The van der Waals surface area contributed by atoms with Gasteiger partial charge in [0.1, 0.15) is 0 Å². The van der Waals surface area contributed by atoms with Gasteiger partial charge in [0.05, 0.1) is 6.54 Å². The van der Waals surface area contributed by atoms with Crippen molar-refractivity contribution >= 4 is 11.8 Å². The van der Waals surface area contributed by atoms with Crippen LogP contribution in [0.3, 0.4) is 0 Å². The van der Waals surface area contributed by atoms with Crippen LogP contribution in [0.4, 0.5) is 0 Å². The molecular formula is C12H18N2O2. The number of carbonyl (C=O) groups excluding carboxylic acids is 2. The molecule has 0 saturated carbocycles. The summed E-state index contributed by atoms with van der Waals surface area (Å²) in [5, 5.41) is 0. The van der Waals surface area contributed by atoms with Crippen LogP contribution in [0.15, 0.2) is 25.3 Å². The van der Waals surface area contributed by atoms with E-state index in [0.717, 1.165) is 6.42 Å². The van der Waals surface area contributed by atoms with Crippen molar-refractivity contribution < 1.29 is 9.59 Å². The fraction of sp³-hybridized carbons (Fsp3) is 0.500. The van der Waals surface area contributed by atoms with Gasteiger partial charge in [-0.3, -0.25) is 9.59 Å². The summed E-state index contributed by atoms with van der Waals surface area (Å²) in [4.78, 5) is 26.5. The quantitative estimate of drug-likeness (QED) is 0.624. The zero-order chi connectivity index (χ0) is 12.0. The minimum atomic E-state index is -0.0462. The van der Waals surface area contributed by atoms with E-state index in [0.29, 0.717) is 26.1 Å². The van der Waals surface area contributed by atoms with Crippen LogP contribution >= 0.6 is 0 Å². The standard InChI is InChI=1S/C12H18N2O2/c1-3-7-13(8-4-2)12(16)10-14-9-5-6-11(14)15/h3-4H,1-2,5-10H2. The van der Waals surface area contributed by atoms with E-state index in [1.54, 1.807) is 22.0 Å². The molecule has 4 heteroatoms. The van der Waals surface area contributed by atoms with Gasteiger partial charge in [0, 0.05) is 26.1 Å². The number of rotatable bonds is 6. The third-order valence-corrected chi connectivity index (χ3v) is 2.55. The molecular weight excluding hydrogens is 204 g/mol. The maximum atomic E-state index is 11.9. The molecule has 0 aromatic heterocycles. The Labute approximate surface area is 96.2 Å². The number of likely N-dealkylation sites (tertiary alicyclic amines) is 1. The molecule has 0 spiro atoms. The average Bonchev–Trinajstić information content (AvgIpc) is 2.64. The van der Waals surface area contributed by atoms with Crippen molar-refractivity contribution in [1.29, 1.82) is 0 Å². The van der Waals surface area contributed by atoms with Gasteiger partial charge in [-0.05, 0) is 6.42 Å². The lowest BCUT2D eigenvalue weighted by molar-refractivity contribution is -0.137. The summed E-state index contributed by atoms with van der Waals surface area (Å²) < 4.78 is 0. The Morgan fingerprint density at radius 2 is 2.00 bits per heavy atom. The molecule has 88 valence electrons. The van der Waals surface area contributed by atoms with Gasteiger partial charge in [-0.15, -0.1) is 13.2 Å². The highest BCUT2D eigenvalue weighted by molar-refractivity contribution is 5.86. The van der Waals surface area contributed by atoms with E-state index in [2.05, 4.69) is 13.2 Å². The normalized spacial score (nSPS) is 15.0. The van der Waals surface area contributed by atoms with E-state index in [-0.39, 0.29) is 18.4 Å². The first kappa shape index (κ1) is 12.5. The van der Waals surface area contributed by atoms with E-state index in [9.17, 15) is 9.59 Å². The van der Waals surface area contributed by atoms with Gasteiger partial charge in [0.25, 0.3) is 0 Å². The lowest BCUT2D eigenvalue weighted by atomic mass is 10.4. The smallest absolute Gasteiger partial charge is 0.242 e. The number of hydrogen-bond acceptors (Lipinski definition) is 2. The highest BCUT2D eigenvalue weighted by Crippen LogP contribution is 2.09. The molecule has 0 aliphatic carbocycles. The van der Waals surface area contributed by atoms with Gasteiger partial charge < -0.3 is 9.80 Å². The second-order valence-corrected chi connectivity index (χ2v) is 3.79. The lowest BCUT2D eigenvalue weighted by Gasteiger charge is -2.23. The van der Waals surface area contributed by atoms with E-state index in [4.69, 9.17) is 0 Å². The van der Waals surface area contributed by atoms with Crippen LogP contribution in [-0.4, -0.2) is 47.8 Å². The average molecular weight is 222 g/mol. The van der Waals surface area contributed by atoms with Gasteiger partial charge in [-0.25, -0.2) is 0 Å². The van der Waals surface area contributed by atoms with Gasteiger partial charge in [-0.1, -0.05) is 12.2 Å². The first-order chi connectivity index (χ1) is 7.69. The van der Waals surface area contributed by atoms with Crippen molar-refractivity contribution in [3.63, 3.8) is 0 Å². The first-order valence-corrected chi connectivity index (χ1v) is 5.46. The molecule has 0 bridgehead atoms. The molecule has 0 aromatic carbocycles. The Bertz CT molecular complexity index is 289. The Kier molecular flexibility index (Phi) is 4.76. The van der Waals surface area contributed by atoms with Crippen LogP contribution in [0.2, 0.25) is 0 Å². The Hall–Kier alpha value is -1.58. The summed E-state index contributed by atoms with van der Waals surface area (Å²) in [7, 11) is 0. The molecule has 1 heterocycles. The van der Waals surface area contributed by atoms with Gasteiger partial charge >= 0.3 is 0 Å². The topological polar surface area (TPSA) is 40.6 Å². The minimum Gasteiger partial charge on any atom is -0.334 e. The molecule has 0 atom stereocenters. The highest BCUT2D eigenvalue weighted by atomic mass is 16.2. The molecule has 0 radical (unpaired) electrons. The fourth-order valence-electron chi connectivity index (χ4n) is 1.72. The van der Waals surface area contributed by atoms with Crippen molar-refractivity contribution in [3.8, 4) is 0 Å². The van der Waals surface area contributed by atoms with Gasteiger partial charge in [-0.2, -0.15) is 0 Å². The van der Waals surface area contributed by atoms with Gasteiger partial charge in [0.15, 0.2) is 0 Å². The summed E-state index contributed by atoms with van der Waals surface area (Å²) in [5.41, 5.74) is 0. The molecule has 1 aliphatic rings. The molecule has 0 aromatic rings. The maximum Gasteiger partial charge on any atom is 0.242 e. The lowest BCUT2D eigenvalue weighted by Crippen LogP contribution is -2.41. The summed E-state index contributed by atoms with van der Waals surface area (Å²) in [6.45, 7) is 9.07. The molecule has 1 rings (SSSR count). The van der Waals surface area contributed by atoms with Crippen molar-refractivity contribution in [2.45, 2.75) is 12.8 Å². The summed E-state index contributed by atoms with van der Waals surface area (Å²) in [6.07, 6.45) is 4.77. The number of carbonyl (C=O) groups is 2. The summed E-state index contributed by atoms with van der Waals surface area (Å²) in [5.74, 6) is 0.0283. The molecule has 2 amide bonds.